The SMILES string of the molecule is N#CCCOC=CC(N)=O. The molecule has 0 aliphatic heterocycles. The van der Waals surface area contributed by atoms with Crippen molar-refractivity contribution in [1.82, 2.24) is 0 Å². The zero-order valence-electron chi connectivity index (χ0n) is 5.41. The van der Waals surface area contributed by atoms with Gasteiger partial charge in [-0.3, -0.25) is 4.79 Å². The lowest BCUT2D eigenvalue weighted by Gasteiger charge is -1.91. The molecular weight excluding hydrogens is 132 g/mol. The van der Waals surface area contributed by atoms with Gasteiger partial charge in [-0.15, -0.1) is 0 Å². The quantitative estimate of drug-likeness (QED) is 0.337. The maximum atomic E-state index is 10.0. The van der Waals surface area contributed by atoms with Gasteiger partial charge >= 0.3 is 0 Å². The van der Waals surface area contributed by atoms with E-state index >= 15 is 0 Å². The smallest absolute Gasteiger partial charge is 0.244 e. The van der Waals surface area contributed by atoms with E-state index in [1.807, 2.05) is 6.07 Å². The summed E-state index contributed by atoms with van der Waals surface area (Å²) in [5.41, 5.74) is 4.74. The molecule has 2 N–H and O–H groups in total. The molecular formula is C6H8N2O2. The number of nitrogens with zero attached hydrogens (tertiary/aromatic N) is 1. The van der Waals surface area contributed by atoms with Crippen LogP contribution in [0, 0.1) is 11.3 Å². The number of rotatable bonds is 4. The number of nitrogens with two attached hydrogens (primary N) is 1. The molecule has 4 heteroatoms. The summed E-state index contributed by atoms with van der Waals surface area (Å²) < 4.78 is 4.68. The molecule has 0 aliphatic carbocycles. The van der Waals surface area contributed by atoms with Crippen LogP contribution in [0.1, 0.15) is 6.42 Å². The number of nitriles is 1. The van der Waals surface area contributed by atoms with Crippen molar-refractivity contribution >= 4 is 5.91 Å². The van der Waals surface area contributed by atoms with Crippen molar-refractivity contribution in [3.63, 3.8) is 0 Å². The molecule has 0 fully saturated rings. The second-order valence-electron chi connectivity index (χ2n) is 1.48. The van der Waals surface area contributed by atoms with Crippen LogP contribution < -0.4 is 5.73 Å². The zero-order valence-corrected chi connectivity index (χ0v) is 5.41. The Labute approximate surface area is 58.9 Å². The van der Waals surface area contributed by atoms with Crippen molar-refractivity contribution in [3.05, 3.63) is 12.3 Å². The summed E-state index contributed by atoms with van der Waals surface area (Å²) in [6.45, 7) is 0.292. The Hall–Kier alpha value is -1.50. The van der Waals surface area contributed by atoms with Gasteiger partial charge in [0.25, 0.3) is 0 Å². The van der Waals surface area contributed by atoms with E-state index in [1.54, 1.807) is 0 Å². The van der Waals surface area contributed by atoms with Gasteiger partial charge in [0.2, 0.25) is 5.91 Å². The summed E-state index contributed by atoms with van der Waals surface area (Å²) in [5.74, 6) is -0.558. The van der Waals surface area contributed by atoms with E-state index in [-0.39, 0.29) is 0 Å². The zero-order chi connectivity index (χ0) is 7.82. The van der Waals surface area contributed by atoms with Crippen molar-refractivity contribution in [2.45, 2.75) is 6.42 Å². The highest BCUT2D eigenvalue weighted by molar-refractivity contribution is 5.85. The van der Waals surface area contributed by atoms with Gasteiger partial charge in [-0.25, -0.2) is 0 Å². The molecule has 0 heterocycles. The van der Waals surface area contributed by atoms with Gasteiger partial charge in [-0.05, 0) is 0 Å². The van der Waals surface area contributed by atoms with E-state index < -0.39 is 5.91 Å². The second kappa shape index (κ2) is 5.63. The molecule has 0 aliphatic rings. The molecule has 1 amide bonds. The third-order valence-corrected chi connectivity index (χ3v) is 0.660. The number of carbonyl (C=O) groups is 1. The second-order valence-corrected chi connectivity index (χ2v) is 1.48. The topological polar surface area (TPSA) is 76.1 Å². The largest absolute Gasteiger partial charge is 0.500 e. The Morgan fingerprint density at radius 3 is 3.00 bits per heavy atom. The van der Waals surface area contributed by atoms with Crippen LogP contribution in [-0.2, 0) is 9.53 Å². The molecule has 10 heavy (non-hydrogen) atoms. The van der Waals surface area contributed by atoms with Crippen LogP contribution in [0.25, 0.3) is 0 Å². The number of carbonyl (C=O) groups excluding carboxylic acids is 1. The number of hydrogen-bond donors (Lipinski definition) is 1. The fourth-order valence-corrected chi connectivity index (χ4v) is 0.288. The Bertz CT molecular complexity index is 169. The standard InChI is InChI=1S/C6H8N2O2/c7-3-1-4-10-5-2-6(8)9/h2,5H,1,4H2,(H2,8,9). The molecule has 0 saturated carbocycles. The van der Waals surface area contributed by atoms with Gasteiger partial charge in [0.05, 0.1) is 18.8 Å². The van der Waals surface area contributed by atoms with E-state index in [0.29, 0.717) is 13.0 Å². The lowest BCUT2D eigenvalue weighted by atomic mass is 10.5. The average molecular weight is 140 g/mol. The summed E-state index contributed by atoms with van der Waals surface area (Å²) in [5, 5.41) is 8.03. The first kappa shape index (κ1) is 8.50. The highest BCUT2D eigenvalue weighted by Crippen LogP contribution is 1.80. The van der Waals surface area contributed by atoms with E-state index in [4.69, 9.17) is 11.0 Å². The van der Waals surface area contributed by atoms with E-state index in [2.05, 4.69) is 4.74 Å². The van der Waals surface area contributed by atoms with Crippen LogP contribution in [0.3, 0.4) is 0 Å². The molecule has 0 aromatic rings. The van der Waals surface area contributed by atoms with Crippen LogP contribution in [0.15, 0.2) is 12.3 Å². The van der Waals surface area contributed by atoms with Crippen LogP contribution >= 0.6 is 0 Å². The fourth-order valence-electron chi connectivity index (χ4n) is 0.288. The Kier molecular flexibility index (Phi) is 4.79. The summed E-state index contributed by atoms with van der Waals surface area (Å²) in [4.78, 5) is 10.0. The fraction of sp³-hybridized carbons (Fsp3) is 0.333. The van der Waals surface area contributed by atoms with Crippen LogP contribution in [-0.4, -0.2) is 12.5 Å². The summed E-state index contributed by atoms with van der Waals surface area (Å²) in [6, 6.07) is 1.88. The van der Waals surface area contributed by atoms with Gasteiger partial charge in [0.1, 0.15) is 6.61 Å². The molecule has 0 aromatic carbocycles. The lowest BCUT2D eigenvalue weighted by molar-refractivity contribution is -0.113. The normalized spacial score (nSPS) is 9.10. The van der Waals surface area contributed by atoms with Gasteiger partial charge in [-0.2, -0.15) is 5.26 Å². The number of amides is 1. The van der Waals surface area contributed by atoms with Crippen LogP contribution in [0.4, 0.5) is 0 Å². The first-order valence-corrected chi connectivity index (χ1v) is 2.72. The van der Waals surface area contributed by atoms with Gasteiger partial charge < -0.3 is 10.5 Å². The van der Waals surface area contributed by atoms with Crippen molar-refractivity contribution < 1.29 is 9.53 Å². The lowest BCUT2D eigenvalue weighted by Crippen LogP contribution is -2.05. The van der Waals surface area contributed by atoms with E-state index in [9.17, 15) is 4.79 Å². The van der Waals surface area contributed by atoms with Crippen molar-refractivity contribution in [3.8, 4) is 6.07 Å². The molecule has 0 unspecified atom stereocenters. The van der Waals surface area contributed by atoms with Gasteiger partial charge in [-0.1, -0.05) is 0 Å². The minimum Gasteiger partial charge on any atom is -0.500 e. The van der Waals surface area contributed by atoms with Crippen molar-refractivity contribution in [2.75, 3.05) is 6.61 Å². The summed E-state index contributed by atoms with van der Waals surface area (Å²) >= 11 is 0. The van der Waals surface area contributed by atoms with Crippen molar-refractivity contribution in [1.29, 1.82) is 5.26 Å². The highest BCUT2D eigenvalue weighted by Gasteiger charge is 1.82. The molecule has 0 spiro atoms. The molecule has 0 atom stereocenters. The molecule has 0 radical (unpaired) electrons. The molecule has 4 nitrogen and oxygen atoms in total. The monoisotopic (exact) mass is 140 g/mol. The predicted octanol–water partition coefficient (Wildman–Crippen LogP) is -0.0843. The van der Waals surface area contributed by atoms with Crippen LogP contribution in [0.5, 0.6) is 0 Å². The maximum Gasteiger partial charge on any atom is 0.244 e. The highest BCUT2D eigenvalue weighted by atomic mass is 16.5. The molecule has 54 valence electrons. The molecule has 0 bridgehead atoms. The first-order valence-electron chi connectivity index (χ1n) is 2.72. The summed E-state index contributed by atoms with van der Waals surface area (Å²) in [6.07, 6.45) is 2.58. The minimum atomic E-state index is -0.558. The predicted molar refractivity (Wildman–Crippen MR) is 34.5 cm³/mol. The number of primary amides is 1. The van der Waals surface area contributed by atoms with Gasteiger partial charge in [0.15, 0.2) is 0 Å². The number of hydrogen-bond acceptors (Lipinski definition) is 3. The molecule has 0 aromatic heterocycles. The Morgan fingerprint density at radius 2 is 2.50 bits per heavy atom. The summed E-state index contributed by atoms with van der Waals surface area (Å²) in [7, 11) is 0. The molecule has 0 rings (SSSR count). The first-order chi connectivity index (χ1) is 4.77. The molecule has 0 saturated heterocycles. The van der Waals surface area contributed by atoms with Crippen molar-refractivity contribution in [2.24, 2.45) is 5.73 Å². The third-order valence-electron chi connectivity index (χ3n) is 0.660. The van der Waals surface area contributed by atoms with Crippen LogP contribution in [0.2, 0.25) is 0 Å². The average Bonchev–Trinajstić information content (AvgIpc) is 1.87. The Morgan fingerprint density at radius 1 is 1.80 bits per heavy atom. The minimum absolute atomic E-state index is 0.292. The maximum absolute atomic E-state index is 10.0. The Balaban J connectivity index is 3.20. The number of ether oxygens (including phenoxy) is 1. The van der Waals surface area contributed by atoms with Gasteiger partial charge in [0, 0.05) is 6.08 Å². The van der Waals surface area contributed by atoms with E-state index in [0.717, 1.165) is 6.08 Å². The third kappa shape index (κ3) is 6.50. The van der Waals surface area contributed by atoms with E-state index in [1.165, 1.54) is 6.26 Å².